The molecular weight excluding hydrogens is 258 g/mol. The van der Waals surface area contributed by atoms with Crippen molar-refractivity contribution in [3.05, 3.63) is 0 Å². The van der Waals surface area contributed by atoms with Crippen LogP contribution in [0.15, 0.2) is 0 Å². The average molecular weight is 283 g/mol. The Balaban J connectivity index is 1.99. The first-order valence-electron chi connectivity index (χ1n) is 7.12. The van der Waals surface area contributed by atoms with Crippen LogP contribution in [0.25, 0.3) is 0 Å². The summed E-state index contributed by atoms with van der Waals surface area (Å²) >= 11 is 5.17. The minimum absolute atomic E-state index is 0.176. The maximum absolute atomic E-state index is 12.7. The number of amides is 1. The van der Waals surface area contributed by atoms with Crippen LogP contribution in [0.5, 0.6) is 0 Å². The minimum atomic E-state index is -0.528. The second kappa shape index (κ2) is 5.37. The van der Waals surface area contributed by atoms with E-state index in [4.69, 9.17) is 18.0 Å². The summed E-state index contributed by atoms with van der Waals surface area (Å²) in [6.07, 6.45) is 3.74. The molecular formula is C14H25N3OS. The molecule has 1 aliphatic carbocycles. The van der Waals surface area contributed by atoms with Crippen LogP contribution in [-0.4, -0.2) is 53.9 Å². The molecule has 0 atom stereocenters. The van der Waals surface area contributed by atoms with E-state index in [0.29, 0.717) is 16.9 Å². The molecule has 1 saturated heterocycles. The van der Waals surface area contributed by atoms with Crippen molar-refractivity contribution >= 4 is 23.1 Å². The number of hydrogen-bond acceptors (Lipinski definition) is 3. The number of thiocarbonyl (C=S) groups is 1. The van der Waals surface area contributed by atoms with E-state index in [9.17, 15) is 4.79 Å². The Morgan fingerprint density at radius 2 is 1.84 bits per heavy atom. The Hall–Kier alpha value is -0.680. The molecule has 0 bridgehead atoms. The van der Waals surface area contributed by atoms with Crippen LogP contribution in [-0.2, 0) is 4.79 Å². The summed E-state index contributed by atoms with van der Waals surface area (Å²) in [6, 6.07) is 0.588. The highest BCUT2D eigenvalue weighted by Gasteiger charge is 2.52. The van der Waals surface area contributed by atoms with Crippen molar-refractivity contribution in [3.8, 4) is 0 Å². The highest BCUT2D eigenvalue weighted by molar-refractivity contribution is 7.80. The van der Waals surface area contributed by atoms with Crippen molar-refractivity contribution in [2.45, 2.75) is 38.6 Å². The highest BCUT2D eigenvalue weighted by atomic mass is 32.1. The van der Waals surface area contributed by atoms with E-state index >= 15 is 0 Å². The molecule has 4 nitrogen and oxygen atoms in total. The molecule has 1 saturated carbocycles. The topological polar surface area (TPSA) is 49.6 Å². The van der Waals surface area contributed by atoms with Crippen molar-refractivity contribution in [2.24, 2.45) is 17.1 Å². The number of hydrogen-bond donors (Lipinski definition) is 1. The lowest BCUT2D eigenvalue weighted by Gasteiger charge is -2.48. The quantitative estimate of drug-likeness (QED) is 0.792. The second-order valence-electron chi connectivity index (χ2n) is 6.45. The molecule has 0 radical (unpaired) electrons. The fourth-order valence-electron chi connectivity index (χ4n) is 3.50. The van der Waals surface area contributed by atoms with Gasteiger partial charge in [-0.25, -0.2) is 0 Å². The zero-order chi connectivity index (χ0) is 14.2. The number of piperidine rings is 1. The van der Waals surface area contributed by atoms with Crippen LogP contribution in [0, 0.1) is 11.3 Å². The van der Waals surface area contributed by atoms with Gasteiger partial charge in [0, 0.05) is 19.1 Å². The molecule has 108 valence electrons. The van der Waals surface area contributed by atoms with E-state index in [1.54, 1.807) is 0 Å². The molecule has 0 unspecified atom stereocenters. The Morgan fingerprint density at radius 3 is 2.21 bits per heavy atom. The van der Waals surface area contributed by atoms with Gasteiger partial charge in [0.2, 0.25) is 5.91 Å². The van der Waals surface area contributed by atoms with Crippen molar-refractivity contribution in [1.29, 1.82) is 0 Å². The first-order chi connectivity index (χ1) is 8.86. The van der Waals surface area contributed by atoms with Gasteiger partial charge in [0.1, 0.15) is 0 Å². The van der Waals surface area contributed by atoms with Crippen molar-refractivity contribution < 1.29 is 4.79 Å². The number of carbonyl (C=O) groups excluding carboxylic acids is 1. The Labute approximate surface area is 121 Å². The summed E-state index contributed by atoms with van der Waals surface area (Å²) in [7, 11) is 4.21. The number of nitrogens with zero attached hydrogens (tertiary/aromatic N) is 2. The fourth-order valence-corrected chi connectivity index (χ4v) is 3.75. The number of rotatable bonds is 3. The van der Waals surface area contributed by atoms with Gasteiger partial charge in [-0.1, -0.05) is 19.1 Å². The molecule has 1 heterocycles. The minimum Gasteiger partial charge on any atom is -0.392 e. The maximum Gasteiger partial charge on any atom is 0.235 e. The molecule has 2 N–H and O–H groups in total. The second-order valence-corrected chi connectivity index (χ2v) is 6.89. The number of likely N-dealkylation sites (tertiary alicyclic amines) is 1. The van der Waals surface area contributed by atoms with Crippen LogP contribution in [0.3, 0.4) is 0 Å². The van der Waals surface area contributed by atoms with Crippen molar-refractivity contribution in [3.63, 3.8) is 0 Å². The summed E-state index contributed by atoms with van der Waals surface area (Å²) in [4.78, 5) is 17.3. The van der Waals surface area contributed by atoms with Crippen LogP contribution < -0.4 is 5.73 Å². The third-order valence-electron chi connectivity index (χ3n) is 4.76. The van der Waals surface area contributed by atoms with E-state index < -0.39 is 5.41 Å². The lowest BCUT2D eigenvalue weighted by molar-refractivity contribution is -0.145. The summed E-state index contributed by atoms with van der Waals surface area (Å²) < 4.78 is 0. The van der Waals surface area contributed by atoms with Crippen LogP contribution in [0.4, 0.5) is 0 Å². The predicted molar refractivity (Wildman–Crippen MR) is 80.9 cm³/mol. The molecule has 2 rings (SSSR count). The molecule has 0 aromatic heterocycles. The maximum atomic E-state index is 12.7. The van der Waals surface area contributed by atoms with Gasteiger partial charge >= 0.3 is 0 Å². The first kappa shape index (κ1) is 14.7. The summed E-state index contributed by atoms with van der Waals surface area (Å²) in [6.45, 7) is 3.82. The zero-order valence-electron chi connectivity index (χ0n) is 12.2. The normalized spacial score (nSPS) is 32.2. The number of carbonyl (C=O) groups is 1. The first-order valence-corrected chi connectivity index (χ1v) is 7.53. The van der Waals surface area contributed by atoms with E-state index in [2.05, 4.69) is 25.9 Å². The molecule has 0 aromatic carbocycles. The van der Waals surface area contributed by atoms with E-state index in [1.165, 1.54) is 0 Å². The van der Waals surface area contributed by atoms with Gasteiger partial charge in [0.25, 0.3) is 0 Å². The lowest BCUT2D eigenvalue weighted by Crippen LogP contribution is -2.58. The van der Waals surface area contributed by atoms with Gasteiger partial charge in [-0.15, -0.1) is 0 Å². The van der Waals surface area contributed by atoms with E-state index in [1.807, 2.05) is 4.90 Å². The standard InChI is InChI=1S/C14H25N3OS/c1-10-8-14(9-10,12(15)19)13(18)17-6-4-11(5-7-17)16(2)3/h10-11H,4-9H2,1-3H3,(H2,15,19). The molecule has 2 aliphatic rings. The summed E-state index contributed by atoms with van der Waals surface area (Å²) in [5.41, 5.74) is 5.33. The van der Waals surface area contributed by atoms with Gasteiger partial charge in [-0.3, -0.25) is 4.79 Å². The fraction of sp³-hybridized carbons (Fsp3) is 0.857. The van der Waals surface area contributed by atoms with Crippen LogP contribution in [0.1, 0.15) is 32.6 Å². The average Bonchev–Trinajstić information content (AvgIpc) is 2.33. The number of nitrogens with two attached hydrogens (primary N) is 1. The van der Waals surface area contributed by atoms with Gasteiger partial charge < -0.3 is 15.5 Å². The summed E-state index contributed by atoms with van der Waals surface area (Å²) in [5.74, 6) is 0.736. The van der Waals surface area contributed by atoms with Crippen LogP contribution >= 0.6 is 12.2 Å². The predicted octanol–water partition coefficient (Wildman–Crippen LogP) is 1.24. The Kier molecular flexibility index (Phi) is 4.16. The molecule has 1 amide bonds. The molecule has 19 heavy (non-hydrogen) atoms. The zero-order valence-corrected chi connectivity index (χ0v) is 13.0. The highest BCUT2D eigenvalue weighted by Crippen LogP contribution is 2.47. The van der Waals surface area contributed by atoms with Crippen molar-refractivity contribution in [2.75, 3.05) is 27.2 Å². The third-order valence-corrected chi connectivity index (χ3v) is 5.15. The smallest absolute Gasteiger partial charge is 0.235 e. The monoisotopic (exact) mass is 283 g/mol. The van der Waals surface area contributed by atoms with E-state index in [-0.39, 0.29) is 5.91 Å². The van der Waals surface area contributed by atoms with Gasteiger partial charge in [-0.2, -0.15) is 0 Å². The van der Waals surface area contributed by atoms with E-state index in [0.717, 1.165) is 38.8 Å². The summed E-state index contributed by atoms with van der Waals surface area (Å²) in [5, 5.41) is 0. The Bertz CT molecular complexity index is 369. The molecule has 2 fully saturated rings. The molecule has 5 heteroatoms. The molecule has 0 aromatic rings. The van der Waals surface area contributed by atoms with Crippen molar-refractivity contribution in [1.82, 2.24) is 9.80 Å². The lowest BCUT2D eigenvalue weighted by atomic mass is 9.61. The third kappa shape index (κ3) is 2.63. The molecule has 0 spiro atoms. The van der Waals surface area contributed by atoms with Gasteiger partial charge in [0.05, 0.1) is 10.4 Å². The largest absolute Gasteiger partial charge is 0.392 e. The molecule has 1 aliphatic heterocycles. The van der Waals surface area contributed by atoms with Gasteiger partial charge in [-0.05, 0) is 45.7 Å². The van der Waals surface area contributed by atoms with Gasteiger partial charge in [0.15, 0.2) is 0 Å². The van der Waals surface area contributed by atoms with Crippen LogP contribution in [0.2, 0.25) is 0 Å². The Morgan fingerprint density at radius 1 is 1.32 bits per heavy atom. The SMILES string of the molecule is CC1CC(C(=O)N2CCC(N(C)C)CC2)(C(N)=S)C1.